The number of thiazole rings is 1. The number of aromatic nitrogens is 1. The van der Waals surface area contributed by atoms with Crippen LogP contribution in [0.15, 0.2) is 52.3 Å². The lowest BCUT2D eigenvalue weighted by molar-refractivity contribution is -0.154. The molecule has 0 spiro atoms. The Labute approximate surface area is 263 Å². The van der Waals surface area contributed by atoms with Crippen molar-refractivity contribution in [2.24, 2.45) is 29.6 Å². The molecule has 2 bridgehead atoms. The van der Waals surface area contributed by atoms with E-state index in [9.17, 15) is 34.2 Å². The first-order chi connectivity index (χ1) is 21.0. The number of thioether (sulfide) groups is 1. The number of ether oxygens (including phenoxy) is 1. The van der Waals surface area contributed by atoms with Crippen LogP contribution < -0.4 is 14.9 Å². The molecule has 0 radical (unpaired) electrons. The molecule has 3 fully saturated rings. The van der Waals surface area contributed by atoms with Crippen LogP contribution in [0, 0.1) is 29.6 Å². The van der Waals surface area contributed by atoms with Crippen LogP contribution in [0.1, 0.15) is 29.7 Å². The van der Waals surface area contributed by atoms with E-state index in [1.54, 1.807) is 30.3 Å². The predicted octanol–water partition coefficient (Wildman–Crippen LogP) is 3.76. The molecule has 2 aliphatic heterocycles. The number of phenols is 1. The number of aromatic amines is 1. The summed E-state index contributed by atoms with van der Waals surface area (Å²) in [7, 11) is 0. The van der Waals surface area contributed by atoms with E-state index in [2.05, 4.69) is 10.3 Å². The summed E-state index contributed by atoms with van der Waals surface area (Å²) < 4.78 is 6.05. The average molecular weight is 656 g/mol. The molecule has 2 aliphatic carbocycles. The Bertz CT molecular complexity index is 1770. The second-order valence-electron chi connectivity index (χ2n) is 11.6. The minimum Gasteiger partial charge on any atom is -0.508 e. The Balaban J connectivity index is 1.23. The third-order valence-electron chi connectivity index (χ3n) is 9.32. The first-order valence-corrected chi connectivity index (χ1v) is 16.1. The largest absolute Gasteiger partial charge is 0.508 e. The maximum Gasteiger partial charge on any atom is 0.326 e. The molecule has 3 aromatic rings. The molecule has 2 saturated carbocycles. The molecule has 44 heavy (non-hydrogen) atoms. The summed E-state index contributed by atoms with van der Waals surface area (Å²) in [6.45, 7) is 1.02. The van der Waals surface area contributed by atoms with Crippen LogP contribution in [0.3, 0.4) is 0 Å². The fourth-order valence-corrected chi connectivity index (χ4v) is 10.7. The molecule has 3 amide bonds. The van der Waals surface area contributed by atoms with Crippen LogP contribution in [0.25, 0.3) is 0 Å². The summed E-state index contributed by atoms with van der Waals surface area (Å²) in [6.07, 6.45) is 0.631. The van der Waals surface area contributed by atoms with E-state index in [1.807, 2.05) is 0 Å². The van der Waals surface area contributed by atoms with E-state index in [0.29, 0.717) is 33.5 Å². The Morgan fingerprint density at radius 1 is 1.11 bits per heavy atom. The van der Waals surface area contributed by atoms with Gasteiger partial charge in [-0.2, -0.15) is 0 Å². The number of likely N-dealkylation sites (tertiary alicyclic amines) is 1. The zero-order valence-corrected chi connectivity index (χ0v) is 25.4. The number of hydrogen-bond acceptors (Lipinski definition) is 9. The molecule has 2 aromatic carbocycles. The van der Waals surface area contributed by atoms with Crippen LogP contribution in [-0.2, 0) is 19.2 Å². The number of phenolic OH excluding ortho intramolecular Hbond substituents is 1. The SMILES string of the molecule is CC(C(=O)O)N1C(=O)C2C3CC(C2C1=O)C1C3Sc2[nH]c(=O)sc2[C@@H]1c1cc(Cl)ccc1OCC(=O)Nc1ccc(O)cc1. The van der Waals surface area contributed by atoms with Crippen molar-refractivity contribution in [1.29, 1.82) is 0 Å². The second-order valence-corrected chi connectivity index (χ2v) is 14.2. The van der Waals surface area contributed by atoms with Crippen LogP contribution in [0.2, 0.25) is 5.02 Å². The van der Waals surface area contributed by atoms with Gasteiger partial charge in [-0.3, -0.25) is 24.1 Å². The maximum absolute atomic E-state index is 13.6. The number of nitrogens with one attached hydrogen (secondary N) is 2. The number of amides is 3. The van der Waals surface area contributed by atoms with Crippen molar-refractivity contribution in [2.45, 2.75) is 35.6 Å². The van der Waals surface area contributed by atoms with Crippen molar-refractivity contribution in [1.82, 2.24) is 9.88 Å². The second kappa shape index (κ2) is 10.7. The molecule has 11 nitrogen and oxygen atoms in total. The van der Waals surface area contributed by atoms with Gasteiger partial charge in [0.2, 0.25) is 11.8 Å². The molecule has 228 valence electrons. The molecule has 1 saturated heterocycles. The van der Waals surface area contributed by atoms with Crippen molar-refractivity contribution >= 4 is 64.1 Å². The fourth-order valence-electron chi connectivity index (χ4n) is 7.66. The average Bonchev–Trinajstić information content (AvgIpc) is 3.72. The number of halogens is 1. The number of carboxylic acid groups (broad SMARTS) is 1. The van der Waals surface area contributed by atoms with Crippen molar-refractivity contribution < 1.29 is 34.1 Å². The molecule has 4 N–H and O–H groups in total. The Hall–Kier alpha value is -3.81. The first-order valence-electron chi connectivity index (χ1n) is 14.0. The van der Waals surface area contributed by atoms with E-state index >= 15 is 0 Å². The lowest BCUT2D eigenvalue weighted by Crippen LogP contribution is -2.44. The molecule has 7 unspecified atom stereocenters. The number of imide groups is 1. The molecule has 3 heterocycles. The summed E-state index contributed by atoms with van der Waals surface area (Å²) in [5.74, 6) is -4.33. The molecule has 8 atom stereocenters. The van der Waals surface area contributed by atoms with Gasteiger partial charge in [0.1, 0.15) is 17.5 Å². The highest BCUT2D eigenvalue weighted by atomic mass is 35.5. The maximum atomic E-state index is 13.6. The monoisotopic (exact) mass is 655 g/mol. The van der Waals surface area contributed by atoms with Crippen LogP contribution in [0.5, 0.6) is 11.5 Å². The zero-order chi connectivity index (χ0) is 31.0. The number of carbonyl (C=O) groups excluding carboxylic acids is 3. The highest BCUT2D eigenvalue weighted by Crippen LogP contribution is 2.69. The number of aliphatic carboxylic acids is 1. The number of hydrogen-bond donors (Lipinski definition) is 4. The number of fused-ring (bicyclic) bond motifs is 9. The predicted molar refractivity (Wildman–Crippen MR) is 161 cm³/mol. The van der Waals surface area contributed by atoms with Gasteiger partial charge < -0.3 is 25.3 Å². The van der Waals surface area contributed by atoms with E-state index in [-0.39, 0.29) is 40.2 Å². The highest BCUT2D eigenvalue weighted by molar-refractivity contribution is 8.00. The number of carbonyl (C=O) groups is 4. The van der Waals surface area contributed by atoms with Crippen LogP contribution in [0.4, 0.5) is 5.69 Å². The zero-order valence-electron chi connectivity index (χ0n) is 23.1. The molecular formula is C30H26ClN3O8S2. The van der Waals surface area contributed by atoms with Gasteiger partial charge in [0.05, 0.1) is 16.9 Å². The van der Waals surface area contributed by atoms with Gasteiger partial charge in [-0.1, -0.05) is 22.9 Å². The lowest BCUT2D eigenvalue weighted by Gasteiger charge is -2.43. The van der Waals surface area contributed by atoms with Gasteiger partial charge in [0.25, 0.3) is 5.91 Å². The molecule has 14 heteroatoms. The molecule has 7 rings (SSSR count). The minimum absolute atomic E-state index is 0.0696. The summed E-state index contributed by atoms with van der Waals surface area (Å²) >= 11 is 9.09. The summed E-state index contributed by atoms with van der Waals surface area (Å²) in [5, 5.41) is 22.8. The molecule has 1 aromatic heterocycles. The number of carboxylic acids is 1. The Morgan fingerprint density at radius 2 is 1.82 bits per heavy atom. The summed E-state index contributed by atoms with van der Waals surface area (Å²) in [6, 6.07) is 9.85. The lowest BCUT2D eigenvalue weighted by atomic mass is 9.68. The molecule has 4 aliphatic rings. The van der Waals surface area contributed by atoms with Crippen LogP contribution >= 0.6 is 34.7 Å². The van der Waals surface area contributed by atoms with Crippen LogP contribution in [-0.4, -0.2) is 61.7 Å². The van der Waals surface area contributed by atoms with Gasteiger partial charge in [-0.25, -0.2) is 4.79 Å². The fraction of sp³-hybridized carbons (Fsp3) is 0.367. The normalized spacial score (nSPS) is 28.8. The van der Waals surface area contributed by atoms with Gasteiger partial charge in [0, 0.05) is 32.3 Å². The van der Waals surface area contributed by atoms with Crippen molar-refractivity contribution in [3.8, 4) is 11.5 Å². The topological polar surface area (TPSA) is 166 Å². The van der Waals surface area contributed by atoms with E-state index in [4.69, 9.17) is 16.3 Å². The standard InChI is InChI=1S/C30H26ClN3O8S2/c1-11(29(39)40)34-27(37)22-16-9-17(23(22)28(34)38)24-21(16)20(25-26(43-24)33-30(41)44-25)15-8-12(31)2-7-18(15)42-10-19(36)32-13-3-5-14(35)6-4-13/h2-8,11,16-17,20-24,35H,9-10H2,1H3,(H,32,36)(H,33,41)(H,39,40)/t11?,16?,17?,20-,21?,22?,23?,24?/m1/s1. The van der Waals surface area contributed by atoms with Gasteiger partial charge in [-0.15, -0.1) is 11.8 Å². The van der Waals surface area contributed by atoms with E-state index in [1.165, 1.54) is 30.8 Å². The van der Waals surface area contributed by atoms with Crippen molar-refractivity contribution in [2.75, 3.05) is 11.9 Å². The van der Waals surface area contributed by atoms with E-state index in [0.717, 1.165) is 21.1 Å². The third-order valence-corrected chi connectivity index (χ3v) is 12.1. The van der Waals surface area contributed by atoms with Gasteiger partial charge in [0.15, 0.2) is 6.61 Å². The molecular weight excluding hydrogens is 630 g/mol. The Morgan fingerprint density at radius 3 is 2.52 bits per heavy atom. The number of nitrogens with zero attached hydrogens (tertiary/aromatic N) is 1. The number of rotatable bonds is 7. The smallest absolute Gasteiger partial charge is 0.326 e. The number of benzene rings is 2. The number of H-pyrrole nitrogens is 1. The number of aromatic hydroxyl groups is 1. The number of anilines is 1. The minimum atomic E-state index is -1.26. The first kappa shape index (κ1) is 28.9. The quantitative estimate of drug-likeness (QED) is 0.219. The third kappa shape index (κ3) is 4.51. The van der Waals surface area contributed by atoms with Crippen molar-refractivity contribution in [3.63, 3.8) is 0 Å². The van der Waals surface area contributed by atoms with Gasteiger partial charge in [-0.05, 0) is 73.6 Å². The van der Waals surface area contributed by atoms with Crippen molar-refractivity contribution in [3.05, 3.63) is 67.6 Å². The summed E-state index contributed by atoms with van der Waals surface area (Å²) in [4.78, 5) is 68.7. The van der Waals surface area contributed by atoms with E-state index < -0.39 is 47.5 Å². The summed E-state index contributed by atoms with van der Waals surface area (Å²) in [5.41, 5.74) is 1.15. The highest BCUT2D eigenvalue weighted by Gasteiger charge is 2.70. The Kier molecular flexibility index (Phi) is 7.02. The van der Waals surface area contributed by atoms with Gasteiger partial charge >= 0.3 is 10.8 Å².